The number of rotatable bonds is 2. The summed E-state index contributed by atoms with van der Waals surface area (Å²) in [7, 11) is 2.07. The van der Waals surface area contributed by atoms with Crippen LogP contribution in [0.5, 0.6) is 0 Å². The molecule has 0 saturated heterocycles. The van der Waals surface area contributed by atoms with Crippen LogP contribution in [0.15, 0.2) is 39.6 Å². The molecule has 0 amide bonds. The van der Waals surface area contributed by atoms with Crippen LogP contribution in [0.3, 0.4) is 0 Å². The van der Waals surface area contributed by atoms with E-state index in [1.807, 2.05) is 0 Å². The molecule has 0 unspecified atom stereocenters. The van der Waals surface area contributed by atoms with E-state index >= 15 is 0 Å². The number of aryl methyl sites for hydroxylation is 1. The van der Waals surface area contributed by atoms with Crippen LogP contribution in [0.4, 0.5) is 0 Å². The Labute approximate surface area is 106 Å². The van der Waals surface area contributed by atoms with Crippen LogP contribution in [0, 0.1) is 0 Å². The summed E-state index contributed by atoms with van der Waals surface area (Å²) in [6, 6.07) is 6.43. The number of aliphatic imine (C=N–C) groups is 1. The highest BCUT2D eigenvalue weighted by Gasteiger charge is 2.16. The maximum absolute atomic E-state index is 4.31. The first kappa shape index (κ1) is 11.1. The molecule has 0 bridgehead atoms. The van der Waals surface area contributed by atoms with Crippen molar-refractivity contribution in [3.8, 4) is 0 Å². The summed E-state index contributed by atoms with van der Waals surface area (Å²) < 4.78 is 2.16. The Kier molecular flexibility index (Phi) is 2.51. The monoisotopic (exact) mass is 240 g/mol. The molecule has 2 aromatic rings. The number of benzene rings is 1. The summed E-state index contributed by atoms with van der Waals surface area (Å²) in [5.41, 5.74) is 3.71. The Morgan fingerprint density at radius 3 is 2.78 bits per heavy atom. The third kappa shape index (κ3) is 1.56. The second-order valence-corrected chi connectivity index (χ2v) is 4.92. The van der Waals surface area contributed by atoms with Gasteiger partial charge in [-0.1, -0.05) is 32.0 Å². The van der Waals surface area contributed by atoms with Gasteiger partial charge in [-0.05, 0) is 11.5 Å². The number of amidine groups is 1. The number of para-hydroxylation sites is 1. The maximum atomic E-state index is 4.31. The highest BCUT2D eigenvalue weighted by molar-refractivity contribution is 6.11. The lowest BCUT2D eigenvalue weighted by Crippen LogP contribution is -1.93. The highest BCUT2D eigenvalue weighted by Crippen LogP contribution is 2.29. The first-order valence-electron chi connectivity index (χ1n) is 6.18. The lowest BCUT2D eigenvalue weighted by atomic mass is 9.99. The van der Waals surface area contributed by atoms with Gasteiger partial charge in [0.05, 0.1) is 5.52 Å². The molecular formula is C14H16N4. The molecular weight excluding hydrogens is 224 g/mol. The molecule has 0 atom stereocenters. The number of fused-ring (bicyclic) bond motifs is 1. The topological polar surface area (TPSA) is 42.0 Å². The average molecular weight is 240 g/mol. The van der Waals surface area contributed by atoms with Crippen molar-refractivity contribution in [2.45, 2.75) is 19.8 Å². The molecule has 0 saturated carbocycles. The Hall–Kier alpha value is -1.97. The molecule has 0 aliphatic carbocycles. The van der Waals surface area contributed by atoms with Crippen molar-refractivity contribution in [1.29, 1.82) is 0 Å². The van der Waals surface area contributed by atoms with Gasteiger partial charge in [0.25, 0.3) is 0 Å². The van der Waals surface area contributed by atoms with Crippen molar-refractivity contribution >= 4 is 16.7 Å². The van der Waals surface area contributed by atoms with Gasteiger partial charge in [-0.25, -0.2) is 4.99 Å². The summed E-state index contributed by atoms with van der Waals surface area (Å²) in [5.74, 6) is 1.25. The third-order valence-corrected chi connectivity index (χ3v) is 3.34. The predicted octanol–water partition coefficient (Wildman–Crippen LogP) is 3.47. The van der Waals surface area contributed by atoms with Crippen molar-refractivity contribution in [2.24, 2.45) is 22.3 Å². The second-order valence-electron chi connectivity index (χ2n) is 4.92. The summed E-state index contributed by atoms with van der Waals surface area (Å²) in [4.78, 5) is 4.31. The van der Waals surface area contributed by atoms with Crippen LogP contribution in [0.1, 0.15) is 30.9 Å². The normalized spacial score (nSPS) is 14.8. The minimum atomic E-state index is 0.454. The van der Waals surface area contributed by atoms with Crippen molar-refractivity contribution in [2.75, 3.05) is 6.67 Å². The molecule has 1 aliphatic heterocycles. The van der Waals surface area contributed by atoms with Crippen LogP contribution >= 0.6 is 0 Å². The fourth-order valence-corrected chi connectivity index (χ4v) is 2.51. The zero-order valence-corrected chi connectivity index (χ0v) is 10.9. The van der Waals surface area contributed by atoms with E-state index in [0.717, 1.165) is 11.4 Å². The van der Waals surface area contributed by atoms with E-state index in [1.54, 1.807) is 0 Å². The zero-order valence-electron chi connectivity index (χ0n) is 10.9. The molecule has 3 rings (SSSR count). The molecule has 0 radical (unpaired) electrons. The standard InChI is InChI=1S/C14H16N4/c1-9(2)10-5-4-6-11-12(7-18(3)13(10)11)14-15-8-16-17-14/h4-7,9H,8H2,1-3H3. The summed E-state index contributed by atoms with van der Waals surface area (Å²) in [6.45, 7) is 4.89. The summed E-state index contributed by atoms with van der Waals surface area (Å²) in [6.07, 6.45) is 2.10. The van der Waals surface area contributed by atoms with Gasteiger partial charge < -0.3 is 4.57 Å². The van der Waals surface area contributed by atoms with Crippen LogP contribution in [0.2, 0.25) is 0 Å². The minimum absolute atomic E-state index is 0.454. The Morgan fingerprint density at radius 1 is 1.28 bits per heavy atom. The third-order valence-electron chi connectivity index (χ3n) is 3.34. The van der Waals surface area contributed by atoms with Gasteiger partial charge in [-0.15, -0.1) is 5.11 Å². The first-order valence-corrected chi connectivity index (χ1v) is 6.18. The maximum Gasteiger partial charge on any atom is 0.180 e. The van der Waals surface area contributed by atoms with Gasteiger partial charge in [-0.2, -0.15) is 5.11 Å². The van der Waals surface area contributed by atoms with E-state index in [4.69, 9.17) is 0 Å². The first-order chi connectivity index (χ1) is 8.68. The number of hydrogen-bond donors (Lipinski definition) is 0. The largest absolute Gasteiger partial charge is 0.350 e. The minimum Gasteiger partial charge on any atom is -0.350 e. The van der Waals surface area contributed by atoms with Crippen LogP contribution in [0.25, 0.3) is 10.9 Å². The Bertz CT molecular complexity index is 662. The molecule has 0 spiro atoms. The van der Waals surface area contributed by atoms with Gasteiger partial charge in [-0.3, -0.25) is 0 Å². The van der Waals surface area contributed by atoms with Crippen molar-refractivity contribution < 1.29 is 0 Å². The predicted molar refractivity (Wildman–Crippen MR) is 73.3 cm³/mol. The van der Waals surface area contributed by atoms with Crippen molar-refractivity contribution in [3.63, 3.8) is 0 Å². The second kappa shape index (κ2) is 4.05. The SMILES string of the molecule is CC(C)c1cccc2c(C3=NCN=N3)cn(C)c12. The van der Waals surface area contributed by atoms with Crippen molar-refractivity contribution in [1.82, 2.24) is 4.57 Å². The molecule has 4 nitrogen and oxygen atoms in total. The van der Waals surface area contributed by atoms with Crippen LogP contribution in [-0.2, 0) is 7.05 Å². The van der Waals surface area contributed by atoms with Crippen LogP contribution in [-0.4, -0.2) is 17.1 Å². The van der Waals surface area contributed by atoms with E-state index in [0.29, 0.717) is 12.6 Å². The Balaban J connectivity index is 2.31. The fraction of sp³-hybridized carbons (Fsp3) is 0.357. The molecule has 0 fully saturated rings. The molecule has 1 aromatic heterocycles. The van der Waals surface area contributed by atoms with E-state index in [9.17, 15) is 0 Å². The highest BCUT2D eigenvalue weighted by atomic mass is 15.3. The number of hydrogen-bond acceptors (Lipinski definition) is 3. The molecule has 18 heavy (non-hydrogen) atoms. The molecule has 1 aliphatic rings. The number of aromatic nitrogens is 1. The molecule has 92 valence electrons. The van der Waals surface area contributed by atoms with E-state index < -0.39 is 0 Å². The number of azo groups is 1. The molecule has 0 N–H and O–H groups in total. The summed E-state index contributed by atoms with van der Waals surface area (Å²) >= 11 is 0. The summed E-state index contributed by atoms with van der Waals surface area (Å²) in [5, 5.41) is 9.24. The van der Waals surface area contributed by atoms with Gasteiger partial charge in [0.2, 0.25) is 0 Å². The van der Waals surface area contributed by atoms with Gasteiger partial charge in [0, 0.05) is 24.2 Å². The van der Waals surface area contributed by atoms with Crippen molar-refractivity contribution in [3.05, 3.63) is 35.5 Å². The number of nitrogens with zero attached hydrogens (tertiary/aromatic N) is 4. The molecule has 4 heteroatoms. The quantitative estimate of drug-likeness (QED) is 0.771. The van der Waals surface area contributed by atoms with E-state index in [1.165, 1.54) is 16.5 Å². The average Bonchev–Trinajstić information content (AvgIpc) is 2.97. The van der Waals surface area contributed by atoms with E-state index in [2.05, 4.69) is 65.1 Å². The Morgan fingerprint density at radius 2 is 2.11 bits per heavy atom. The van der Waals surface area contributed by atoms with Crippen LogP contribution < -0.4 is 0 Å². The lowest BCUT2D eigenvalue weighted by molar-refractivity contribution is 0.856. The lowest BCUT2D eigenvalue weighted by Gasteiger charge is -2.09. The van der Waals surface area contributed by atoms with E-state index in [-0.39, 0.29) is 0 Å². The molecule has 1 aromatic carbocycles. The zero-order chi connectivity index (χ0) is 12.7. The fourth-order valence-electron chi connectivity index (χ4n) is 2.51. The van der Waals surface area contributed by atoms with Gasteiger partial charge >= 0.3 is 0 Å². The van der Waals surface area contributed by atoms with Gasteiger partial charge in [0.15, 0.2) is 12.5 Å². The molecule has 2 heterocycles. The van der Waals surface area contributed by atoms with Gasteiger partial charge in [0.1, 0.15) is 0 Å². The smallest absolute Gasteiger partial charge is 0.180 e.